The van der Waals surface area contributed by atoms with Crippen LogP contribution in [0, 0.1) is 0 Å². The largest absolute Gasteiger partial charge is 0.479 e. The molecule has 1 aliphatic carbocycles. The third-order valence-electron chi connectivity index (χ3n) is 8.71. The van der Waals surface area contributed by atoms with Gasteiger partial charge in [0, 0.05) is 23.9 Å². The molecule has 2 unspecified atom stereocenters. The van der Waals surface area contributed by atoms with E-state index in [1.54, 1.807) is 52.9 Å². The Balaban J connectivity index is 1.28. The normalized spacial score (nSPS) is 17.4. The molecule has 1 fully saturated rings. The number of carboxylic acid groups (broad SMARTS) is 1. The Morgan fingerprint density at radius 2 is 1.56 bits per heavy atom. The molecule has 4 aromatic rings. The number of nitrogens with zero attached hydrogens (tertiary/aromatic N) is 2. The molecule has 3 aromatic carbocycles. The summed E-state index contributed by atoms with van der Waals surface area (Å²) in [6.45, 7) is 8.36. The number of fused-ring (bicyclic) bond motifs is 4. The Morgan fingerprint density at radius 3 is 2.17 bits per heavy atom. The number of carbonyl (C=O) groups is 4. The van der Waals surface area contributed by atoms with Crippen molar-refractivity contribution in [2.24, 2.45) is 0 Å². The quantitative estimate of drug-likeness (QED) is 0.251. The summed E-state index contributed by atoms with van der Waals surface area (Å²) in [6, 6.07) is 22.0. The lowest BCUT2D eigenvalue weighted by Gasteiger charge is -2.32. The molecule has 2 atom stereocenters. The number of hydrogen-bond acceptors (Lipinski definition) is 7. The summed E-state index contributed by atoms with van der Waals surface area (Å²) >= 11 is 0. The molecule has 0 bridgehead atoms. The van der Waals surface area contributed by atoms with Gasteiger partial charge in [-0.15, -0.1) is 0 Å². The number of benzene rings is 3. The number of aromatic nitrogens is 1. The van der Waals surface area contributed by atoms with E-state index in [0.717, 1.165) is 22.3 Å². The van der Waals surface area contributed by atoms with Crippen molar-refractivity contribution in [2.45, 2.75) is 70.4 Å². The van der Waals surface area contributed by atoms with Crippen LogP contribution < -0.4 is 5.32 Å². The molecule has 2 amide bonds. The van der Waals surface area contributed by atoms with Gasteiger partial charge in [-0.05, 0) is 68.5 Å². The first-order chi connectivity index (χ1) is 22.7. The minimum Gasteiger partial charge on any atom is -0.479 e. The van der Waals surface area contributed by atoms with Crippen LogP contribution in [0.4, 0.5) is 9.59 Å². The van der Waals surface area contributed by atoms with Crippen LogP contribution in [-0.2, 0) is 30.2 Å². The minimum absolute atomic E-state index is 0.0241. The highest BCUT2D eigenvalue weighted by atomic mass is 16.6. The Bertz CT molecular complexity index is 1860. The highest BCUT2D eigenvalue weighted by Gasteiger charge is 2.47. The fraction of sp³-hybridized carbons (Fsp3) is 0.351. The van der Waals surface area contributed by atoms with E-state index in [1.165, 1.54) is 9.47 Å². The average molecular weight is 654 g/mol. The van der Waals surface area contributed by atoms with Gasteiger partial charge in [-0.3, -0.25) is 9.36 Å². The van der Waals surface area contributed by atoms with Gasteiger partial charge in [-0.25, -0.2) is 14.4 Å². The highest BCUT2D eigenvalue weighted by molar-refractivity contribution is 5.93. The van der Waals surface area contributed by atoms with Crippen LogP contribution in [0.5, 0.6) is 0 Å². The fourth-order valence-corrected chi connectivity index (χ4v) is 6.58. The summed E-state index contributed by atoms with van der Waals surface area (Å²) < 4.78 is 18.5. The maximum Gasteiger partial charge on any atom is 0.419 e. The molecule has 2 aliphatic rings. The maximum absolute atomic E-state index is 14.2. The number of rotatable bonds is 7. The maximum atomic E-state index is 14.2. The molecule has 1 aromatic heterocycles. The zero-order valence-corrected chi connectivity index (χ0v) is 27.6. The summed E-state index contributed by atoms with van der Waals surface area (Å²) in [7, 11) is 0. The molecule has 11 nitrogen and oxygen atoms in total. The molecule has 0 radical (unpaired) electrons. The second-order valence-corrected chi connectivity index (χ2v) is 13.6. The Hall–Kier alpha value is -5.16. The van der Waals surface area contributed by atoms with Crippen LogP contribution in [0.1, 0.15) is 57.2 Å². The van der Waals surface area contributed by atoms with E-state index < -0.39 is 47.5 Å². The van der Waals surface area contributed by atoms with Gasteiger partial charge < -0.3 is 29.5 Å². The molecule has 2 heterocycles. The SMILES string of the molecule is CC(C)(C)OC(=O)n1cc(CC(NC(=O)OCC2c3ccccc3-c3ccccc32)C(=O)N2CC(C(=O)O)OC2(C)C)c2ccccc21. The predicted octanol–water partition coefficient (Wildman–Crippen LogP) is 5.92. The van der Waals surface area contributed by atoms with E-state index >= 15 is 0 Å². The number of carboxylic acids is 1. The summed E-state index contributed by atoms with van der Waals surface area (Å²) in [5.41, 5.74) is 3.43. The van der Waals surface area contributed by atoms with Crippen LogP contribution in [0.2, 0.25) is 0 Å². The van der Waals surface area contributed by atoms with Crippen molar-refractivity contribution < 1.29 is 38.5 Å². The van der Waals surface area contributed by atoms with Crippen LogP contribution in [0.25, 0.3) is 22.0 Å². The smallest absolute Gasteiger partial charge is 0.419 e. The first-order valence-electron chi connectivity index (χ1n) is 15.9. The van der Waals surface area contributed by atoms with Gasteiger partial charge in [-0.2, -0.15) is 0 Å². The number of amides is 2. The lowest BCUT2D eigenvalue weighted by Crippen LogP contribution is -2.54. The van der Waals surface area contributed by atoms with E-state index in [-0.39, 0.29) is 25.5 Å². The van der Waals surface area contributed by atoms with Crippen LogP contribution in [-0.4, -0.2) is 75.3 Å². The minimum atomic E-state index is -1.26. The second-order valence-electron chi connectivity index (χ2n) is 13.6. The molecular formula is C37H39N3O8. The third kappa shape index (κ3) is 6.37. The van der Waals surface area contributed by atoms with E-state index in [2.05, 4.69) is 5.32 Å². The van der Waals surface area contributed by atoms with Gasteiger partial charge in [0.2, 0.25) is 5.91 Å². The van der Waals surface area contributed by atoms with E-state index in [4.69, 9.17) is 14.2 Å². The van der Waals surface area contributed by atoms with Gasteiger partial charge in [0.25, 0.3) is 0 Å². The number of ether oxygens (including phenoxy) is 3. The molecule has 2 N–H and O–H groups in total. The van der Waals surface area contributed by atoms with Crippen LogP contribution in [0.3, 0.4) is 0 Å². The molecule has 6 rings (SSSR count). The first-order valence-corrected chi connectivity index (χ1v) is 15.9. The molecule has 250 valence electrons. The van der Waals surface area contributed by atoms with Crippen molar-refractivity contribution in [3.8, 4) is 11.1 Å². The lowest BCUT2D eigenvalue weighted by molar-refractivity contribution is -0.159. The first kappa shape index (κ1) is 32.8. The number of carbonyl (C=O) groups excluding carboxylic acids is 3. The Morgan fingerprint density at radius 1 is 0.958 bits per heavy atom. The Kier molecular flexibility index (Phi) is 8.51. The standard InChI is InChI=1S/C37H39N3O8/c1-36(2,3)48-35(45)39-19-22(23-12-10-11-17-30(23)39)18-29(32(41)40-20-31(33(42)43)47-37(40,4)5)38-34(44)46-21-28-26-15-8-6-13-24(26)25-14-7-9-16-27(25)28/h6-17,19,28-29,31H,18,20-21H2,1-5H3,(H,38,44)(H,42,43). The molecular weight excluding hydrogens is 614 g/mol. The van der Waals surface area contributed by atoms with Crippen LogP contribution in [0.15, 0.2) is 79.0 Å². The Labute approximate surface area is 278 Å². The van der Waals surface area contributed by atoms with Gasteiger partial charge in [0.05, 0.1) is 12.1 Å². The summed E-state index contributed by atoms with van der Waals surface area (Å²) in [5, 5.41) is 13.1. The number of alkyl carbamates (subject to hydrolysis) is 1. The van der Waals surface area contributed by atoms with E-state index in [9.17, 15) is 24.3 Å². The highest BCUT2D eigenvalue weighted by Crippen LogP contribution is 2.44. The molecule has 1 saturated heterocycles. The number of aliphatic carboxylic acids is 1. The molecule has 11 heteroatoms. The summed E-state index contributed by atoms with van der Waals surface area (Å²) in [5.74, 6) is -1.93. The number of hydrogen-bond donors (Lipinski definition) is 2. The van der Waals surface area contributed by atoms with Gasteiger partial charge in [0.15, 0.2) is 6.10 Å². The fourth-order valence-electron chi connectivity index (χ4n) is 6.58. The summed E-state index contributed by atoms with van der Waals surface area (Å²) in [6.07, 6.45) is -1.05. The predicted molar refractivity (Wildman–Crippen MR) is 178 cm³/mol. The van der Waals surface area contributed by atoms with E-state index in [0.29, 0.717) is 16.5 Å². The van der Waals surface area contributed by atoms with E-state index in [1.807, 2.05) is 60.7 Å². The zero-order chi connectivity index (χ0) is 34.4. The van der Waals surface area contributed by atoms with Gasteiger partial charge >= 0.3 is 18.2 Å². The molecule has 0 saturated carbocycles. The van der Waals surface area contributed by atoms with Crippen LogP contribution >= 0.6 is 0 Å². The molecule has 1 aliphatic heterocycles. The molecule has 0 spiro atoms. The van der Waals surface area contributed by atoms with Crippen molar-refractivity contribution in [1.82, 2.24) is 14.8 Å². The second kappa shape index (κ2) is 12.5. The van der Waals surface area contributed by atoms with Crippen molar-refractivity contribution in [2.75, 3.05) is 13.2 Å². The number of nitrogens with one attached hydrogen (secondary N) is 1. The van der Waals surface area contributed by atoms with Gasteiger partial charge in [0.1, 0.15) is 24.0 Å². The summed E-state index contributed by atoms with van der Waals surface area (Å²) in [4.78, 5) is 54.0. The van der Waals surface area contributed by atoms with Crippen molar-refractivity contribution in [3.05, 3.63) is 95.7 Å². The molecule has 48 heavy (non-hydrogen) atoms. The zero-order valence-electron chi connectivity index (χ0n) is 27.6. The van der Waals surface area contributed by atoms with Crippen molar-refractivity contribution >= 4 is 35.0 Å². The monoisotopic (exact) mass is 653 g/mol. The third-order valence-corrected chi connectivity index (χ3v) is 8.71. The van der Waals surface area contributed by atoms with Gasteiger partial charge in [-0.1, -0.05) is 66.7 Å². The average Bonchev–Trinajstić information content (AvgIpc) is 3.67. The lowest BCUT2D eigenvalue weighted by atomic mass is 9.98. The number of para-hydroxylation sites is 1. The topological polar surface area (TPSA) is 136 Å². The van der Waals surface area contributed by atoms with Crippen molar-refractivity contribution in [1.29, 1.82) is 0 Å². The van der Waals surface area contributed by atoms with Crippen molar-refractivity contribution in [3.63, 3.8) is 0 Å².